The van der Waals surface area contributed by atoms with E-state index in [2.05, 4.69) is 10.6 Å². The number of likely N-dealkylation sites (N-methyl/N-ethyl adjacent to an activating group) is 1. The monoisotopic (exact) mass is 237 g/mol. The summed E-state index contributed by atoms with van der Waals surface area (Å²) in [5, 5.41) is 13.7. The summed E-state index contributed by atoms with van der Waals surface area (Å²) in [5.74, 6) is -0.912. The number of carbonyl (C=O) groups is 2. The summed E-state index contributed by atoms with van der Waals surface area (Å²) in [5.41, 5.74) is 6.33. The van der Waals surface area contributed by atoms with Crippen molar-refractivity contribution in [3.05, 3.63) is 29.8 Å². The largest absolute Gasteiger partial charge is 0.399 e. The molecule has 0 saturated heterocycles. The van der Waals surface area contributed by atoms with Gasteiger partial charge in [-0.1, -0.05) is 6.07 Å². The first kappa shape index (κ1) is 13.0. The summed E-state index contributed by atoms with van der Waals surface area (Å²) in [6.45, 7) is -0.465. The van der Waals surface area contributed by atoms with Crippen LogP contribution in [0, 0.1) is 0 Å². The predicted molar refractivity (Wildman–Crippen MR) is 63.3 cm³/mol. The molecule has 0 radical (unpaired) electrons. The van der Waals surface area contributed by atoms with Gasteiger partial charge in [0.1, 0.15) is 6.04 Å². The van der Waals surface area contributed by atoms with Crippen LogP contribution in [0.1, 0.15) is 10.4 Å². The van der Waals surface area contributed by atoms with Crippen molar-refractivity contribution in [3.63, 3.8) is 0 Å². The van der Waals surface area contributed by atoms with Crippen LogP contribution in [0.25, 0.3) is 0 Å². The molecule has 6 heteroatoms. The Morgan fingerprint density at radius 3 is 2.71 bits per heavy atom. The van der Waals surface area contributed by atoms with E-state index in [9.17, 15) is 9.59 Å². The van der Waals surface area contributed by atoms with Gasteiger partial charge < -0.3 is 21.5 Å². The van der Waals surface area contributed by atoms with Crippen LogP contribution in [0.2, 0.25) is 0 Å². The van der Waals surface area contributed by atoms with Gasteiger partial charge in [0.25, 0.3) is 5.91 Å². The van der Waals surface area contributed by atoms with Gasteiger partial charge in [-0.25, -0.2) is 0 Å². The van der Waals surface area contributed by atoms with Crippen LogP contribution in [0.15, 0.2) is 24.3 Å². The maximum Gasteiger partial charge on any atom is 0.252 e. The number of aliphatic hydroxyl groups is 1. The lowest BCUT2D eigenvalue weighted by Gasteiger charge is -2.14. The van der Waals surface area contributed by atoms with Gasteiger partial charge in [-0.15, -0.1) is 0 Å². The molecule has 1 aromatic rings. The highest BCUT2D eigenvalue weighted by molar-refractivity contribution is 5.98. The Morgan fingerprint density at radius 2 is 2.18 bits per heavy atom. The zero-order chi connectivity index (χ0) is 12.8. The zero-order valence-corrected chi connectivity index (χ0v) is 9.43. The van der Waals surface area contributed by atoms with Gasteiger partial charge in [-0.3, -0.25) is 9.59 Å². The van der Waals surface area contributed by atoms with Crippen molar-refractivity contribution in [2.24, 2.45) is 0 Å². The van der Waals surface area contributed by atoms with Gasteiger partial charge in [-0.2, -0.15) is 0 Å². The van der Waals surface area contributed by atoms with Crippen LogP contribution in [0.4, 0.5) is 5.69 Å². The van der Waals surface area contributed by atoms with E-state index in [4.69, 9.17) is 10.8 Å². The number of nitrogen functional groups attached to an aromatic ring is 1. The van der Waals surface area contributed by atoms with Crippen molar-refractivity contribution in [2.45, 2.75) is 6.04 Å². The van der Waals surface area contributed by atoms with Gasteiger partial charge in [-0.05, 0) is 18.2 Å². The highest BCUT2D eigenvalue weighted by Crippen LogP contribution is 2.06. The standard InChI is InChI=1S/C11H15N3O3/c1-13-11(17)9(6-15)14-10(16)7-3-2-4-8(12)5-7/h2-5,9,15H,6,12H2,1H3,(H,13,17)(H,14,16). The van der Waals surface area contributed by atoms with Crippen LogP contribution in [0.5, 0.6) is 0 Å². The fraction of sp³-hybridized carbons (Fsp3) is 0.273. The number of amides is 2. The van der Waals surface area contributed by atoms with Gasteiger partial charge in [0.15, 0.2) is 0 Å². The zero-order valence-electron chi connectivity index (χ0n) is 9.43. The number of hydrogen-bond acceptors (Lipinski definition) is 4. The lowest BCUT2D eigenvalue weighted by atomic mass is 10.1. The SMILES string of the molecule is CNC(=O)C(CO)NC(=O)c1cccc(N)c1. The van der Waals surface area contributed by atoms with E-state index in [1.165, 1.54) is 13.1 Å². The maximum atomic E-state index is 11.7. The number of hydrogen-bond donors (Lipinski definition) is 4. The minimum Gasteiger partial charge on any atom is -0.399 e. The van der Waals surface area contributed by atoms with E-state index in [0.29, 0.717) is 11.3 Å². The number of nitrogens with one attached hydrogen (secondary N) is 2. The summed E-state index contributed by atoms with van der Waals surface area (Å²) in [7, 11) is 1.43. The third-order valence-corrected chi connectivity index (χ3v) is 2.20. The molecule has 1 atom stereocenters. The van der Waals surface area contributed by atoms with Crippen LogP contribution in [0.3, 0.4) is 0 Å². The van der Waals surface area contributed by atoms with E-state index in [-0.39, 0.29) is 0 Å². The number of benzene rings is 1. The average molecular weight is 237 g/mol. The summed E-state index contributed by atoms with van der Waals surface area (Å²) in [6, 6.07) is 5.39. The number of carbonyl (C=O) groups excluding carboxylic acids is 2. The molecule has 1 unspecified atom stereocenters. The van der Waals surface area contributed by atoms with Gasteiger partial charge in [0.2, 0.25) is 5.91 Å². The first-order valence-corrected chi connectivity index (χ1v) is 5.07. The molecule has 0 spiro atoms. The smallest absolute Gasteiger partial charge is 0.252 e. The molecular weight excluding hydrogens is 222 g/mol. The second kappa shape index (κ2) is 5.86. The lowest BCUT2D eigenvalue weighted by Crippen LogP contribution is -2.47. The molecule has 0 heterocycles. The Balaban J connectivity index is 2.74. The minimum atomic E-state index is -0.964. The fourth-order valence-corrected chi connectivity index (χ4v) is 1.29. The molecule has 6 nitrogen and oxygen atoms in total. The van der Waals surface area contributed by atoms with E-state index in [0.717, 1.165) is 0 Å². The second-order valence-electron chi connectivity index (χ2n) is 3.45. The molecule has 1 rings (SSSR count). The highest BCUT2D eigenvalue weighted by Gasteiger charge is 2.19. The molecule has 92 valence electrons. The van der Waals surface area contributed by atoms with Crippen molar-refractivity contribution < 1.29 is 14.7 Å². The summed E-state index contributed by atoms with van der Waals surface area (Å²) < 4.78 is 0. The van der Waals surface area contributed by atoms with Crippen molar-refractivity contribution in [3.8, 4) is 0 Å². The van der Waals surface area contributed by atoms with Crippen LogP contribution >= 0.6 is 0 Å². The molecule has 0 saturated carbocycles. The van der Waals surface area contributed by atoms with Gasteiger partial charge >= 0.3 is 0 Å². The topological polar surface area (TPSA) is 104 Å². The van der Waals surface area contributed by atoms with Crippen molar-refractivity contribution >= 4 is 17.5 Å². The van der Waals surface area contributed by atoms with Gasteiger partial charge in [0, 0.05) is 18.3 Å². The number of anilines is 1. The molecule has 2 amide bonds. The molecule has 0 bridgehead atoms. The Kier molecular flexibility index (Phi) is 4.47. The summed E-state index contributed by atoms with van der Waals surface area (Å²) in [6.07, 6.45) is 0. The lowest BCUT2D eigenvalue weighted by molar-refractivity contribution is -0.123. The maximum absolute atomic E-state index is 11.7. The Labute approximate surface area is 98.8 Å². The molecule has 17 heavy (non-hydrogen) atoms. The highest BCUT2D eigenvalue weighted by atomic mass is 16.3. The normalized spacial score (nSPS) is 11.6. The summed E-state index contributed by atoms with van der Waals surface area (Å²) in [4.78, 5) is 23.0. The minimum absolute atomic E-state index is 0.340. The number of aliphatic hydroxyl groups excluding tert-OH is 1. The third-order valence-electron chi connectivity index (χ3n) is 2.20. The Bertz CT molecular complexity index is 420. The van der Waals surface area contributed by atoms with E-state index in [1.54, 1.807) is 18.2 Å². The van der Waals surface area contributed by atoms with E-state index >= 15 is 0 Å². The Morgan fingerprint density at radius 1 is 1.47 bits per heavy atom. The molecule has 0 aliphatic heterocycles. The fourth-order valence-electron chi connectivity index (χ4n) is 1.29. The molecule has 5 N–H and O–H groups in total. The van der Waals surface area contributed by atoms with E-state index < -0.39 is 24.5 Å². The molecule has 0 aromatic heterocycles. The quantitative estimate of drug-likeness (QED) is 0.510. The van der Waals surface area contributed by atoms with Crippen LogP contribution in [-0.4, -0.2) is 36.6 Å². The molecular formula is C11H15N3O3. The first-order valence-electron chi connectivity index (χ1n) is 5.07. The van der Waals surface area contributed by atoms with Crippen LogP contribution in [-0.2, 0) is 4.79 Å². The van der Waals surface area contributed by atoms with Gasteiger partial charge in [0.05, 0.1) is 6.61 Å². The molecule has 1 aromatic carbocycles. The third kappa shape index (κ3) is 3.46. The number of nitrogens with two attached hydrogens (primary N) is 1. The van der Waals surface area contributed by atoms with Crippen molar-refractivity contribution in [2.75, 3.05) is 19.4 Å². The first-order chi connectivity index (χ1) is 8.08. The number of rotatable bonds is 4. The van der Waals surface area contributed by atoms with Crippen LogP contribution < -0.4 is 16.4 Å². The summed E-state index contributed by atoms with van der Waals surface area (Å²) >= 11 is 0. The van der Waals surface area contributed by atoms with E-state index in [1.807, 2.05) is 0 Å². The second-order valence-corrected chi connectivity index (χ2v) is 3.45. The molecule has 0 fully saturated rings. The predicted octanol–water partition coefficient (Wildman–Crippen LogP) is -0.894. The van der Waals surface area contributed by atoms with Crippen molar-refractivity contribution in [1.29, 1.82) is 0 Å². The average Bonchev–Trinajstić information content (AvgIpc) is 2.34. The molecule has 0 aliphatic carbocycles. The molecule has 0 aliphatic rings. The Hall–Kier alpha value is -2.08. The van der Waals surface area contributed by atoms with Crippen molar-refractivity contribution in [1.82, 2.24) is 10.6 Å².